The number of phenols is 1. The molecule has 0 radical (unpaired) electrons. The summed E-state index contributed by atoms with van der Waals surface area (Å²) < 4.78 is 5.10. The van der Waals surface area contributed by atoms with Crippen LogP contribution >= 0.6 is 0 Å². The largest absolute Gasteiger partial charge is 0.504 e. The fourth-order valence-corrected chi connectivity index (χ4v) is 3.52. The first-order valence-electron chi connectivity index (χ1n) is 7.93. The van der Waals surface area contributed by atoms with E-state index >= 15 is 0 Å². The Balaban J connectivity index is 1.82. The maximum Gasteiger partial charge on any atom is 0.319 e. The minimum atomic E-state index is -0.251. The Hall–Kier alpha value is -2.95. The molecular formula is C19H18N2O3. The highest BCUT2D eigenvalue weighted by molar-refractivity contribution is 5.91. The monoisotopic (exact) mass is 322 g/mol. The molecule has 2 amide bonds. The van der Waals surface area contributed by atoms with Crippen molar-refractivity contribution in [3.05, 3.63) is 64.7 Å². The van der Waals surface area contributed by atoms with Gasteiger partial charge in [0, 0.05) is 5.56 Å². The first-order valence-corrected chi connectivity index (χ1v) is 7.93. The lowest BCUT2D eigenvalue weighted by molar-refractivity contribution is 0.240. The van der Waals surface area contributed by atoms with Crippen LogP contribution in [0.4, 0.5) is 4.79 Å². The number of carbonyl (C=O) groups excluding carboxylic acids is 1. The number of urea groups is 1. The number of fused-ring (bicyclic) bond motifs is 2. The summed E-state index contributed by atoms with van der Waals surface area (Å²) >= 11 is 0. The van der Waals surface area contributed by atoms with Crippen LogP contribution in [0.25, 0.3) is 5.70 Å². The lowest BCUT2D eigenvalue weighted by Crippen LogP contribution is -2.44. The summed E-state index contributed by atoms with van der Waals surface area (Å²) in [6.07, 6.45) is 1.79. The molecule has 0 saturated heterocycles. The Labute approximate surface area is 140 Å². The second-order valence-electron chi connectivity index (χ2n) is 6.02. The Morgan fingerprint density at radius 2 is 2.00 bits per heavy atom. The number of nitrogens with one attached hydrogen (secondary N) is 2. The summed E-state index contributed by atoms with van der Waals surface area (Å²) in [6.45, 7) is 0. The van der Waals surface area contributed by atoms with E-state index in [0.29, 0.717) is 5.75 Å². The average Bonchev–Trinajstić information content (AvgIpc) is 2.61. The second-order valence-corrected chi connectivity index (χ2v) is 6.02. The van der Waals surface area contributed by atoms with Crippen LogP contribution in [0.2, 0.25) is 0 Å². The number of ether oxygens (including phenoxy) is 1. The molecule has 2 aromatic carbocycles. The van der Waals surface area contributed by atoms with Gasteiger partial charge in [-0.15, -0.1) is 0 Å². The van der Waals surface area contributed by atoms with Crippen LogP contribution < -0.4 is 15.4 Å². The quantitative estimate of drug-likeness (QED) is 0.795. The van der Waals surface area contributed by atoms with Gasteiger partial charge in [0.1, 0.15) is 0 Å². The molecule has 122 valence electrons. The molecule has 4 rings (SSSR count). The molecule has 5 heteroatoms. The number of amides is 2. The number of hydrogen-bond donors (Lipinski definition) is 3. The third kappa shape index (κ3) is 2.29. The lowest BCUT2D eigenvalue weighted by atomic mass is 9.83. The van der Waals surface area contributed by atoms with Gasteiger partial charge in [0.05, 0.1) is 18.8 Å². The summed E-state index contributed by atoms with van der Waals surface area (Å²) in [5, 5.41) is 16.0. The van der Waals surface area contributed by atoms with Gasteiger partial charge < -0.3 is 20.5 Å². The predicted octanol–water partition coefficient (Wildman–Crippen LogP) is 3.11. The molecule has 1 aliphatic carbocycles. The smallest absolute Gasteiger partial charge is 0.319 e. The van der Waals surface area contributed by atoms with E-state index in [1.165, 1.54) is 12.7 Å². The number of rotatable bonds is 2. The number of phenolic OH excluding ortho intramolecular Hbond substituents is 1. The molecule has 0 aromatic heterocycles. The van der Waals surface area contributed by atoms with Crippen LogP contribution in [0.1, 0.15) is 29.2 Å². The summed E-state index contributed by atoms with van der Waals surface area (Å²) in [5.41, 5.74) is 5.19. The molecule has 0 fully saturated rings. The van der Waals surface area contributed by atoms with Crippen molar-refractivity contribution in [2.45, 2.75) is 18.9 Å². The van der Waals surface area contributed by atoms with E-state index in [1.807, 2.05) is 24.3 Å². The van der Waals surface area contributed by atoms with Crippen molar-refractivity contribution in [3.8, 4) is 11.5 Å². The second kappa shape index (κ2) is 5.60. The fourth-order valence-electron chi connectivity index (χ4n) is 3.52. The molecule has 0 saturated carbocycles. The Morgan fingerprint density at radius 1 is 1.17 bits per heavy atom. The van der Waals surface area contributed by atoms with E-state index in [9.17, 15) is 9.90 Å². The molecule has 0 bridgehead atoms. The van der Waals surface area contributed by atoms with Crippen molar-refractivity contribution in [1.29, 1.82) is 0 Å². The standard InChI is InChI=1S/C19H18N2O3/c1-24-16-9-7-12(10-15(16)22)17-14-8-6-11-4-2-3-5-13(11)18(14)21-19(23)20-17/h2-5,7,9-10,17,22H,6,8H2,1H3,(H2,20,21,23). The zero-order valence-corrected chi connectivity index (χ0v) is 13.3. The Kier molecular flexibility index (Phi) is 3.41. The van der Waals surface area contributed by atoms with Crippen molar-refractivity contribution >= 4 is 11.7 Å². The minimum Gasteiger partial charge on any atom is -0.504 e. The highest BCUT2D eigenvalue weighted by Crippen LogP contribution is 2.40. The molecule has 2 aromatic rings. The van der Waals surface area contributed by atoms with Gasteiger partial charge in [-0.1, -0.05) is 30.3 Å². The maximum atomic E-state index is 12.2. The predicted molar refractivity (Wildman–Crippen MR) is 90.8 cm³/mol. The average molecular weight is 322 g/mol. The van der Waals surface area contributed by atoms with Gasteiger partial charge in [0.25, 0.3) is 0 Å². The molecule has 1 atom stereocenters. The van der Waals surface area contributed by atoms with Crippen molar-refractivity contribution in [2.24, 2.45) is 0 Å². The minimum absolute atomic E-state index is 0.0705. The van der Waals surface area contributed by atoms with Crippen LogP contribution in [0.3, 0.4) is 0 Å². The van der Waals surface area contributed by atoms with E-state index in [0.717, 1.165) is 35.2 Å². The van der Waals surface area contributed by atoms with Crippen LogP contribution in [0.15, 0.2) is 48.0 Å². The lowest BCUT2D eigenvalue weighted by Gasteiger charge is -2.34. The molecule has 3 N–H and O–H groups in total. The zero-order chi connectivity index (χ0) is 16.7. The van der Waals surface area contributed by atoms with Crippen molar-refractivity contribution in [2.75, 3.05) is 7.11 Å². The van der Waals surface area contributed by atoms with E-state index in [2.05, 4.69) is 16.7 Å². The number of aromatic hydroxyl groups is 1. The van der Waals surface area contributed by atoms with Crippen LogP contribution in [0.5, 0.6) is 11.5 Å². The van der Waals surface area contributed by atoms with E-state index in [-0.39, 0.29) is 17.8 Å². The molecule has 1 aliphatic heterocycles. The first kappa shape index (κ1) is 14.6. The maximum absolute atomic E-state index is 12.2. The van der Waals surface area contributed by atoms with Gasteiger partial charge in [-0.05, 0) is 41.7 Å². The summed E-state index contributed by atoms with van der Waals surface area (Å²) in [7, 11) is 1.51. The fraction of sp³-hybridized carbons (Fsp3) is 0.211. The molecule has 2 aliphatic rings. The first-order chi connectivity index (χ1) is 11.7. The van der Waals surface area contributed by atoms with E-state index in [4.69, 9.17) is 4.74 Å². The summed E-state index contributed by atoms with van der Waals surface area (Å²) in [5.74, 6) is 0.489. The topological polar surface area (TPSA) is 70.6 Å². The third-order valence-electron chi connectivity index (χ3n) is 4.67. The van der Waals surface area contributed by atoms with Gasteiger partial charge in [-0.25, -0.2) is 4.79 Å². The van der Waals surface area contributed by atoms with Gasteiger partial charge in [-0.2, -0.15) is 0 Å². The van der Waals surface area contributed by atoms with Crippen LogP contribution in [-0.2, 0) is 6.42 Å². The van der Waals surface area contributed by atoms with Crippen LogP contribution in [-0.4, -0.2) is 18.2 Å². The van der Waals surface area contributed by atoms with Crippen molar-refractivity contribution in [3.63, 3.8) is 0 Å². The zero-order valence-electron chi connectivity index (χ0n) is 13.3. The number of aryl methyl sites for hydroxylation is 1. The molecule has 5 nitrogen and oxygen atoms in total. The SMILES string of the molecule is COc1ccc(C2NC(=O)NC3=C2CCc2ccccc23)cc1O. The summed E-state index contributed by atoms with van der Waals surface area (Å²) in [6, 6.07) is 12.9. The van der Waals surface area contributed by atoms with Gasteiger partial charge in [0.15, 0.2) is 11.5 Å². The van der Waals surface area contributed by atoms with Gasteiger partial charge in [-0.3, -0.25) is 0 Å². The highest BCUT2D eigenvalue weighted by Gasteiger charge is 2.32. The number of hydrogen-bond acceptors (Lipinski definition) is 3. The van der Waals surface area contributed by atoms with E-state index in [1.54, 1.807) is 12.1 Å². The molecule has 1 heterocycles. The molecule has 24 heavy (non-hydrogen) atoms. The van der Waals surface area contributed by atoms with Gasteiger partial charge >= 0.3 is 6.03 Å². The highest BCUT2D eigenvalue weighted by atomic mass is 16.5. The van der Waals surface area contributed by atoms with Crippen molar-refractivity contribution < 1.29 is 14.6 Å². The Bertz CT molecular complexity index is 857. The normalized spacial score (nSPS) is 19.0. The third-order valence-corrected chi connectivity index (χ3v) is 4.67. The van der Waals surface area contributed by atoms with Crippen molar-refractivity contribution in [1.82, 2.24) is 10.6 Å². The van der Waals surface area contributed by atoms with Gasteiger partial charge in [0.2, 0.25) is 0 Å². The number of carbonyl (C=O) groups is 1. The molecular weight excluding hydrogens is 304 g/mol. The van der Waals surface area contributed by atoms with Crippen LogP contribution in [0, 0.1) is 0 Å². The molecule has 1 unspecified atom stereocenters. The van der Waals surface area contributed by atoms with E-state index < -0.39 is 0 Å². The number of benzene rings is 2. The molecule has 0 spiro atoms. The number of methoxy groups -OCH3 is 1. The summed E-state index contributed by atoms with van der Waals surface area (Å²) in [4.78, 5) is 12.2. The Morgan fingerprint density at radius 3 is 2.79 bits per heavy atom.